The molecule has 3 aromatic rings. The summed E-state index contributed by atoms with van der Waals surface area (Å²) in [4.78, 5) is 17.1. The van der Waals surface area contributed by atoms with Crippen molar-refractivity contribution in [3.63, 3.8) is 0 Å². The first-order valence-corrected chi connectivity index (χ1v) is 11.4. The molecule has 0 saturated carbocycles. The Balaban J connectivity index is 1.43. The van der Waals surface area contributed by atoms with Crippen molar-refractivity contribution in [2.24, 2.45) is 5.16 Å². The van der Waals surface area contributed by atoms with Crippen molar-refractivity contribution in [3.8, 4) is 5.75 Å². The molecule has 0 spiro atoms. The third kappa shape index (κ3) is 5.46. The van der Waals surface area contributed by atoms with Crippen molar-refractivity contribution < 1.29 is 23.8 Å². The van der Waals surface area contributed by atoms with Gasteiger partial charge in [-0.2, -0.15) is 0 Å². The topological polar surface area (TPSA) is 66.4 Å². The van der Waals surface area contributed by atoms with Crippen LogP contribution in [0.2, 0.25) is 0 Å². The summed E-state index contributed by atoms with van der Waals surface area (Å²) in [6.45, 7) is 3.65. The minimum atomic E-state index is -0.312. The molecule has 4 rings (SSSR count). The molecule has 3 aromatic carbocycles. The lowest BCUT2D eigenvalue weighted by atomic mass is 9.76. The van der Waals surface area contributed by atoms with Crippen LogP contribution in [0.15, 0.2) is 84.0 Å². The molecule has 1 aliphatic rings. The van der Waals surface area contributed by atoms with E-state index in [-0.39, 0.29) is 11.4 Å². The molecule has 1 fully saturated rings. The quantitative estimate of drug-likeness (QED) is 0.245. The second-order valence-electron chi connectivity index (χ2n) is 8.26. The van der Waals surface area contributed by atoms with Gasteiger partial charge >= 0.3 is 5.97 Å². The van der Waals surface area contributed by atoms with E-state index < -0.39 is 0 Å². The average Bonchev–Trinajstić information content (AvgIpc) is 2.85. The van der Waals surface area contributed by atoms with Crippen LogP contribution < -0.4 is 4.74 Å². The molecule has 0 radical (unpaired) electrons. The number of carbonyl (C=O) groups excluding carboxylic acids is 1. The predicted molar refractivity (Wildman–Crippen MR) is 130 cm³/mol. The average molecular weight is 460 g/mol. The summed E-state index contributed by atoms with van der Waals surface area (Å²) in [6, 6.07) is 25.9. The van der Waals surface area contributed by atoms with Crippen molar-refractivity contribution in [2.75, 3.05) is 26.9 Å². The maximum Gasteiger partial charge on any atom is 0.306 e. The summed E-state index contributed by atoms with van der Waals surface area (Å²) >= 11 is 0. The zero-order chi connectivity index (χ0) is 23.8. The van der Waals surface area contributed by atoms with Crippen LogP contribution >= 0.6 is 0 Å². The van der Waals surface area contributed by atoms with Crippen molar-refractivity contribution in [1.29, 1.82) is 0 Å². The Labute approximate surface area is 200 Å². The molecule has 6 nitrogen and oxygen atoms in total. The number of nitrogens with zero attached hydrogens (tertiary/aromatic N) is 1. The predicted octanol–water partition coefficient (Wildman–Crippen LogP) is 4.89. The van der Waals surface area contributed by atoms with Crippen LogP contribution in [0.3, 0.4) is 0 Å². The number of hydrogen-bond donors (Lipinski definition) is 0. The van der Waals surface area contributed by atoms with Gasteiger partial charge in [0, 0.05) is 11.1 Å². The lowest BCUT2D eigenvalue weighted by Crippen LogP contribution is -2.48. The molecular formula is C28H29NO5. The summed E-state index contributed by atoms with van der Waals surface area (Å²) in [5.74, 6) is 0.562. The minimum Gasteiger partial charge on any atom is -0.489 e. The first-order chi connectivity index (χ1) is 16.6. The Morgan fingerprint density at radius 3 is 2.35 bits per heavy atom. The number of ether oxygens (including phenoxy) is 3. The summed E-state index contributed by atoms with van der Waals surface area (Å²) in [6.07, 6.45) is 0.320. The highest BCUT2D eigenvalue weighted by Gasteiger charge is 2.42. The number of carbonyl (C=O) groups is 1. The van der Waals surface area contributed by atoms with Gasteiger partial charge in [0.2, 0.25) is 0 Å². The summed E-state index contributed by atoms with van der Waals surface area (Å²) < 4.78 is 16.6. The van der Waals surface area contributed by atoms with E-state index in [9.17, 15) is 4.79 Å². The van der Waals surface area contributed by atoms with E-state index >= 15 is 0 Å². The van der Waals surface area contributed by atoms with Gasteiger partial charge in [-0.25, -0.2) is 0 Å². The van der Waals surface area contributed by atoms with Crippen molar-refractivity contribution in [3.05, 3.63) is 101 Å². The molecule has 1 heterocycles. The number of rotatable bonds is 10. The molecule has 0 bridgehead atoms. The molecule has 34 heavy (non-hydrogen) atoms. The summed E-state index contributed by atoms with van der Waals surface area (Å²) in [5, 5.41) is 4.23. The van der Waals surface area contributed by atoms with E-state index in [2.05, 4.69) is 11.2 Å². The maximum absolute atomic E-state index is 12.0. The monoisotopic (exact) mass is 459 g/mol. The van der Waals surface area contributed by atoms with Crippen LogP contribution in [0.4, 0.5) is 0 Å². The molecule has 0 aromatic heterocycles. The van der Waals surface area contributed by atoms with Crippen LogP contribution in [0.1, 0.15) is 35.6 Å². The van der Waals surface area contributed by atoms with Gasteiger partial charge in [-0.3, -0.25) is 4.79 Å². The van der Waals surface area contributed by atoms with Gasteiger partial charge in [-0.15, -0.1) is 0 Å². The Bertz CT molecular complexity index is 1120. The fourth-order valence-electron chi connectivity index (χ4n) is 4.05. The highest BCUT2D eigenvalue weighted by Crippen LogP contribution is 2.37. The Morgan fingerprint density at radius 1 is 0.971 bits per heavy atom. The van der Waals surface area contributed by atoms with Crippen LogP contribution in [0.5, 0.6) is 5.75 Å². The van der Waals surface area contributed by atoms with Gasteiger partial charge in [0.05, 0.1) is 31.7 Å². The second kappa shape index (κ2) is 11.0. The minimum absolute atomic E-state index is 0.196. The van der Waals surface area contributed by atoms with E-state index in [1.807, 2.05) is 79.7 Å². The largest absolute Gasteiger partial charge is 0.489 e. The molecule has 0 amide bonds. The maximum atomic E-state index is 12.0. The third-order valence-electron chi connectivity index (χ3n) is 5.85. The molecule has 0 aliphatic carbocycles. The zero-order valence-electron chi connectivity index (χ0n) is 19.5. The van der Waals surface area contributed by atoms with E-state index in [0.29, 0.717) is 32.8 Å². The fourth-order valence-corrected chi connectivity index (χ4v) is 4.05. The van der Waals surface area contributed by atoms with E-state index in [1.165, 1.54) is 0 Å². The van der Waals surface area contributed by atoms with Crippen LogP contribution in [0, 0.1) is 0 Å². The highest BCUT2D eigenvalue weighted by atomic mass is 16.6. The number of hydrogen-bond acceptors (Lipinski definition) is 6. The molecule has 6 heteroatoms. The van der Waals surface area contributed by atoms with Gasteiger partial charge in [-0.1, -0.05) is 65.8 Å². The lowest BCUT2D eigenvalue weighted by molar-refractivity contribution is -0.151. The highest BCUT2D eigenvalue weighted by molar-refractivity contribution is 6.12. The second-order valence-corrected chi connectivity index (χ2v) is 8.26. The van der Waals surface area contributed by atoms with Crippen LogP contribution in [0.25, 0.3) is 0 Å². The SMILES string of the molecule is CCOC(=O)CC1(c2ccc(OCc3cccc(/C(=N/OC)c4ccccc4)c3)cc2)COC1. The normalized spacial score (nSPS) is 14.7. The standard InChI is InChI=1S/C28H29NO5/c1-3-33-26(30)17-28(19-32-20-28)24-12-14-25(15-13-24)34-18-21-8-7-11-23(16-21)27(29-31-2)22-9-5-4-6-10-22/h4-16H,3,17-20H2,1-2H3/b29-27+. The summed E-state index contributed by atoms with van der Waals surface area (Å²) in [7, 11) is 1.55. The van der Waals surface area contributed by atoms with Gasteiger partial charge < -0.3 is 19.0 Å². The zero-order valence-corrected chi connectivity index (χ0v) is 19.5. The molecule has 176 valence electrons. The number of oxime groups is 1. The van der Waals surface area contributed by atoms with Gasteiger partial charge in [-0.05, 0) is 36.2 Å². The fraction of sp³-hybridized carbons (Fsp3) is 0.286. The molecule has 0 unspecified atom stereocenters. The molecule has 1 saturated heterocycles. The van der Waals surface area contributed by atoms with Crippen LogP contribution in [-0.2, 0) is 31.1 Å². The Morgan fingerprint density at radius 2 is 1.71 bits per heavy atom. The van der Waals surface area contributed by atoms with Gasteiger partial charge in [0.15, 0.2) is 0 Å². The molecular weight excluding hydrogens is 430 g/mol. The molecule has 0 atom stereocenters. The van der Waals surface area contributed by atoms with E-state index in [0.717, 1.165) is 33.7 Å². The number of benzene rings is 3. The molecule has 1 aliphatic heterocycles. The van der Waals surface area contributed by atoms with Crippen molar-refractivity contribution in [1.82, 2.24) is 0 Å². The van der Waals surface area contributed by atoms with Crippen molar-refractivity contribution in [2.45, 2.75) is 25.4 Å². The van der Waals surface area contributed by atoms with E-state index in [4.69, 9.17) is 19.0 Å². The third-order valence-corrected chi connectivity index (χ3v) is 5.85. The van der Waals surface area contributed by atoms with E-state index in [1.54, 1.807) is 7.11 Å². The van der Waals surface area contributed by atoms with Crippen LogP contribution in [-0.4, -0.2) is 38.6 Å². The lowest BCUT2D eigenvalue weighted by Gasteiger charge is -2.41. The smallest absolute Gasteiger partial charge is 0.306 e. The Hall–Kier alpha value is -3.64. The number of esters is 1. The molecule has 0 N–H and O–H groups in total. The van der Waals surface area contributed by atoms with Crippen molar-refractivity contribution >= 4 is 11.7 Å². The first kappa shape index (κ1) is 23.5. The Kier molecular flexibility index (Phi) is 7.60. The summed E-state index contributed by atoms with van der Waals surface area (Å²) in [5.41, 5.74) is 4.47. The van der Waals surface area contributed by atoms with Gasteiger partial charge in [0.1, 0.15) is 25.2 Å². The van der Waals surface area contributed by atoms with Gasteiger partial charge in [0.25, 0.3) is 0 Å². The first-order valence-electron chi connectivity index (χ1n) is 11.4.